The molecule has 6 heteroatoms. The van der Waals surface area contributed by atoms with Crippen LogP contribution < -0.4 is 11.1 Å². The van der Waals surface area contributed by atoms with E-state index in [1.54, 1.807) is 12.4 Å². The van der Waals surface area contributed by atoms with Crippen LogP contribution in [0.15, 0.2) is 12.4 Å². The average molecular weight is 198 g/mol. The Bertz CT molecular complexity index is 273. The van der Waals surface area contributed by atoms with Crippen molar-refractivity contribution in [3.8, 4) is 0 Å². The van der Waals surface area contributed by atoms with Crippen LogP contribution in [0.3, 0.4) is 0 Å². The maximum atomic E-state index is 11.2. The predicted octanol–water partition coefficient (Wildman–Crippen LogP) is -1.26. The van der Waals surface area contributed by atoms with E-state index in [-0.39, 0.29) is 18.9 Å². The Morgan fingerprint density at radius 1 is 1.79 bits per heavy atom. The zero-order chi connectivity index (χ0) is 10.4. The summed E-state index contributed by atoms with van der Waals surface area (Å²) in [5, 5.41) is 11.2. The molecule has 14 heavy (non-hydrogen) atoms. The second-order valence-corrected chi connectivity index (χ2v) is 2.87. The van der Waals surface area contributed by atoms with Crippen LogP contribution in [-0.2, 0) is 11.3 Å². The number of imidazole rings is 1. The summed E-state index contributed by atoms with van der Waals surface area (Å²) in [5.41, 5.74) is 5.46. The Balaban J connectivity index is 2.27. The molecular formula is C8H14N4O2. The molecule has 1 amide bonds. The molecule has 0 saturated carbocycles. The molecule has 0 aliphatic heterocycles. The number of aliphatic hydroxyl groups excluding tert-OH is 1. The highest BCUT2D eigenvalue weighted by atomic mass is 16.3. The van der Waals surface area contributed by atoms with Crippen molar-refractivity contribution in [3.05, 3.63) is 18.2 Å². The maximum Gasteiger partial charge on any atom is 0.237 e. The molecule has 1 unspecified atom stereocenters. The second-order valence-electron chi connectivity index (χ2n) is 2.87. The Hall–Kier alpha value is -1.40. The molecule has 0 saturated heterocycles. The Morgan fingerprint density at radius 2 is 2.57 bits per heavy atom. The first-order valence-electron chi connectivity index (χ1n) is 4.36. The van der Waals surface area contributed by atoms with Crippen molar-refractivity contribution >= 4 is 5.91 Å². The number of aromatic nitrogens is 2. The minimum Gasteiger partial charge on any atom is -0.396 e. The van der Waals surface area contributed by atoms with Gasteiger partial charge in [0.05, 0.1) is 12.6 Å². The summed E-state index contributed by atoms with van der Waals surface area (Å²) in [5.74, 6) is 0.394. The van der Waals surface area contributed by atoms with Crippen LogP contribution in [-0.4, -0.2) is 33.6 Å². The van der Waals surface area contributed by atoms with Gasteiger partial charge in [-0.1, -0.05) is 0 Å². The molecule has 78 valence electrons. The number of amides is 1. The highest BCUT2D eigenvalue weighted by molar-refractivity contribution is 5.81. The molecule has 0 spiro atoms. The van der Waals surface area contributed by atoms with Gasteiger partial charge in [0.25, 0.3) is 0 Å². The molecule has 0 aromatic carbocycles. The third-order valence-electron chi connectivity index (χ3n) is 1.76. The summed E-state index contributed by atoms with van der Waals surface area (Å²) in [6, 6.07) is -0.657. The van der Waals surface area contributed by atoms with Crippen molar-refractivity contribution in [2.24, 2.45) is 5.73 Å². The molecule has 5 N–H and O–H groups in total. The number of nitrogens with two attached hydrogens (primary N) is 1. The first kappa shape index (κ1) is 10.7. The van der Waals surface area contributed by atoms with Gasteiger partial charge in [0.1, 0.15) is 5.82 Å². The summed E-state index contributed by atoms with van der Waals surface area (Å²) < 4.78 is 0. The van der Waals surface area contributed by atoms with Gasteiger partial charge in [-0.15, -0.1) is 0 Å². The summed E-state index contributed by atoms with van der Waals surface area (Å²) >= 11 is 0. The lowest BCUT2D eigenvalue weighted by atomic mass is 10.2. The van der Waals surface area contributed by atoms with E-state index in [1.807, 2.05) is 0 Å². The lowest BCUT2D eigenvalue weighted by molar-refractivity contribution is -0.122. The molecule has 1 heterocycles. The largest absolute Gasteiger partial charge is 0.396 e. The highest BCUT2D eigenvalue weighted by Crippen LogP contribution is 1.90. The Kier molecular flexibility index (Phi) is 4.09. The van der Waals surface area contributed by atoms with E-state index in [4.69, 9.17) is 10.8 Å². The van der Waals surface area contributed by atoms with E-state index < -0.39 is 6.04 Å². The highest BCUT2D eigenvalue weighted by Gasteiger charge is 2.11. The van der Waals surface area contributed by atoms with Crippen molar-refractivity contribution < 1.29 is 9.90 Å². The first-order valence-corrected chi connectivity index (χ1v) is 4.36. The fourth-order valence-electron chi connectivity index (χ4n) is 0.967. The lowest BCUT2D eigenvalue weighted by Gasteiger charge is -2.09. The van der Waals surface area contributed by atoms with Crippen molar-refractivity contribution in [1.82, 2.24) is 15.3 Å². The van der Waals surface area contributed by atoms with Crippen LogP contribution in [0.2, 0.25) is 0 Å². The number of carbonyl (C=O) groups excluding carboxylic acids is 1. The average Bonchev–Trinajstić information content (AvgIpc) is 2.67. The van der Waals surface area contributed by atoms with Gasteiger partial charge in [-0.25, -0.2) is 4.98 Å². The number of aliphatic hydroxyl groups is 1. The maximum absolute atomic E-state index is 11.2. The first-order chi connectivity index (χ1) is 6.74. The predicted molar refractivity (Wildman–Crippen MR) is 50.1 cm³/mol. The molecule has 1 rings (SSSR count). The number of carbonyl (C=O) groups is 1. The van der Waals surface area contributed by atoms with Crippen LogP contribution in [0.25, 0.3) is 0 Å². The van der Waals surface area contributed by atoms with Crippen LogP contribution >= 0.6 is 0 Å². The van der Waals surface area contributed by atoms with E-state index in [1.165, 1.54) is 0 Å². The fraction of sp³-hybridized carbons (Fsp3) is 0.500. The van der Waals surface area contributed by atoms with Gasteiger partial charge < -0.3 is 21.1 Å². The minimum atomic E-state index is -0.657. The monoisotopic (exact) mass is 198 g/mol. The molecule has 6 nitrogen and oxygen atoms in total. The molecule has 0 bridgehead atoms. The third kappa shape index (κ3) is 3.15. The molecule has 1 atom stereocenters. The normalized spacial score (nSPS) is 12.4. The van der Waals surface area contributed by atoms with Gasteiger partial charge >= 0.3 is 0 Å². The van der Waals surface area contributed by atoms with Crippen molar-refractivity contribution in [2.75, 3.05) is 6.61 Å². The smallest absolute Gasteiger partial charge is 0.237 e. The quantitative estimate of drug-likeness (QED) is 0.474. The second kappa shape index (κ2) is 5.36. The van der Waals surface area contributed by atoms with Crippen molar-refractivity contribution in [2.45, 2.75) is 19.0 Å². The van der Waals surface area contributed by atoms with Gasteiger partial charge in [0.15, 0.2) is 0 Å². The molecule has 1 aromatic rings. The van der Waals surface area contributed by atoms with Gasteiger partial charge in [-0.05, 0) is 6.42 Å². The van der Waals surface area contributed by atoms with Crippen molar-refractivity contribution in [3.63, 3.8) is 0 Å². The minimum absolute atomic E-state index is 0.0880. The Morgan fingerprint density at radius 3 is 3.14 bits per heavy atom. The van der Waals surface area contributed by atoms with Crippen LogP contribution in [0.1, 0.15) is 12.2 Å². The van der Waals surface area contributed by atoms with E-state index >= 15 is 0 Å². The number of hydrogen-bond acceptors (Lipinski definition) is 4. The summed E-state index contributed by atoms with van der Waals surface area (Å²) in [6.45, 7) is 0.236. The number of nitrogens with one attached hydrogen (secondary N) is 2. The topological polar surface area (TPSA) is 104 Å². The van der Waals surface area contributed by atoms with Gasteiger partial charge in [-0.2, -0.15) is 0 Å². The molecule has 0 aliphatic rings. The Labute approximate surface area is 81.5 Å². The van der Waals surface area contributed by atoms with E-state index in [9.17, 15) is 4.79 Å². The summed E-state index contributed by atoms with van der Waals surface area (Å²) in [4.78, 5) is 18.0. The lowest BCUT2D eigenvalue weighted by Crippen LogP contribution is -2.40. The van der Waals surface area contributed by atoms with Crippen molar-refractivity contribution in [1.29, 1.82) is 0 Å². The number of nitrogens with zero attached hydrogens (tertiary/aromatic N) is 1. The molecule has 0 aliphatic carbocycles. The number of rotatable bonds is 5. The van der Waals surface area contributed by atoms with Crippen LogP contribution in [0.5, 0.6) is 0 Å². The standard InChI is InChI=1S/C8H14N4O2/c9-6(1-4-13)8(14)12-5-7-10-2-3-11-7/h2-3,6,13H,1,4-5,9H2,(H,10,11)(H,12,14). The third-order valence-corrected chi connectivity index (χ3v) is 1.76. The van der Waals surface area contributed by atoms with Crippen LogP contribution in [0.4, 0.5) is 0 Å². The van der Waals surface area contributed by atoms with Gasteiger partial charge in [0, 0.05) is 19.0 Å². The van der Waals surface area contributed by atoms with Gasteiger partial charge in [0.2, 0.25) is 5.91 Å². The SMILES string of the molecule is NC(CCO)C(=O)NCc1ncc[nH]1. The van der Waals surface area contributed by atoms with Crippen LogP contribution in [0, 0.1) is 0 Å². The summed E-state index contributed by atoms with van der Waals surface area (Å²) in [7, 11) is 0. The van der Waals surface area contributed by atoms with E-state index in [0.29, 0.717) is 12.4 Å². The molecule has 0 radical (unpaired) electrons. The van der Waals surface area contributed by atoms with E-state index in [0.717, 1.165) is 0 Å². The zero-order valence-corrected chi connectivity index (χ0v) is 7.73. The summed E-state index contributed by atoms with van der Waals surface area (Å²) in [6.07, 6.45) is 3.55. The number of aromatic amines is 1. The fourth-order valence-corrected chi connectivity index (χ4v) is 0.967. The van der Waals surface area contributed by atoms with E-state index in [2.05, 4.69) is 15.3 Å². The molecule has 1 aromatic heterocycles. The molecule has 0 fully saturated rings. The van der Waals surface area contributed by atoms with Gasteiger partial charge in [-0.3, -0.25) is 4.79 Å². The number of hydrogen-bond donors (Lipinski definition) is 4. The zero-order valence-electron chi connectivity index (χ0n) is 7.73. The molecular weight excluding hydrogens is 184 g/mol. The number of H-pyrrole nitrogens is 1.